The molecule has 0 aliphatic heterocycles. The van der Waals surface area contributed by atoms with Crippen molar-refractivity contribution in [2.75, 3.05) is 17.7 Å². The molecule has 1 heterocycles. The predicted octanol–water partition coefficient (Wildman–Crippen LogP) is 3.47. The molecule has 21 heavy (non-hydrogen) atoms. The third-order valence-electron chi connectivity index (χ3n) is 2.65. The molecular weight excluding hydrogens is 285 g/mol. The molecule has 0 unspecified atom stereocenters. The molecule has 0 fully saturated rings. The van der Waals surface area contributed by atoms with E-state index in [0.29, 0.717) is 17.3 Å². The van der Waals surface area contributed by atoms with E-state index in [0.717, 1.165) is 5.56 Å². The minimum Gasteiger partial charge on any atom is -0.406 e. The van der Waals surface area contributed by atoms with Crippen molar-refractivity contribution in [3.05, 3.63) is 36.2 Å². The van der Waals surface area contributed by atoms with Crippen molar-refractivity contribution in [1.29, 1.82) is 0 Å². The van der Waals surface area contributed by atoms with Gasteiger partial charge in [-0.3, -0.25) is 0 Å². The van der Waals surface area contributed by atoms with Crippen molar-refractivity contribution in [1.82, 2.24) is 9.97 Å². The second kappa shape index (κ2) is 5.86. The van der Waals surface area contributed by atoms with E-state index in [-0.39, 0.29) is 5.75 Å². The summed E-state index contributed by atoms with van der Waals surface area (Å²) >= 11 is 0. The van der Waals surface area contributed by atoms with Crippen LogP contribution in [0.25, 0.3) is 0 Å². The molecule has 1 aromatic carbocycles. The maximum Gasteiger partial charge on any atom is 0.573 e. The second-order valence-electron chi connectivity index (χ2n) is 4.15. The maximum atomic E-state index is 12.2. The van der Waals surface area contributed by atoms with E-state index in [1.54, 1.807) is 20.0 Å². The third-order valence-corrected chi connectivity index (χ3v) is 2.65. The third kappa shape index (κ3) is 3.98. The number of halogens is 3. The Morgan fingerprint density at radius 3 is 2.52 bits per heavy atom. The summed E-state index contributed by atoms with van der Waals surface area (Å²) in [6, 6.07) is 5.54. The van der Waals surface area contributed by atoms with Crippen molar-refractivity contribution < 1.29 is 17.9 Å². The van der Waals surface area contributed by atoms with Crippen molar-refractivity contribution in [2.45, 2.75) is 13.3 Å². The Morgan fingerprint density at radius 2 is 1.86 bits per heavy atom. The summed E-state index contributed by atoms with van der Waals surface area (Å²) in [4.78, 5) is 8.09. The quantitative estimate of drug-likeness (QED) is 0.905. The Morgan fingerprint density at radius 1 is 1.14 bits per heavy atom. The number of anilines is 3. The number of rotatable bonds is 4. The van der Waals surface area contributed by atoms with E-state index in [1.165, 1.54) is 24.5 Å². The maximum absolute atomic E-state index is 12.2. The highest BCUT2D eigenvalue weighted by atomic mass is 19.4. The zero-order valence-electron chi connectivity index (χ0n) is 11.3. The SMILES string of the molecule is CNc1ncnc(Nc2cccc(OC(F)(F)F)c2)c1C. The number of benzene rings is 1. The number of ether oxygens (including phenoxy) is 1. The fourth-order valence-electron chi connectivity index (χ4n) is 1.74. The van der Waals surface area contributed by atoms with Gasteiger partial charge in [0.15, 0.2) is 0 Å². The number of hydrogen-bond acceptors (Lipinski definition) is 5. The zero-order valence-corrected chi connectivity index (χ0v) is 11.3. The normalized spacial score (nSPS) is 11.1. The topological polar surface area (TPSA) is 59.1 Å². The van der Waals surface area contributed by atoms with Gasteiger partial charge >= 0.3 is 6.36 Å². The lowest BCUT2D eigenvalue weighted by Gasteiger charge is -2.13. The lowest BCUT2D eigenvalue weighted by molar-refractivity contribution is -0.274. The van der Waals surface area contributed by atoms with Gasteiger partial charge in [-0.05, 0) is 19.1 Å². The molecule has 0 saturated heterocycles. The molecule has 5 nitrogen and oxygen atoms in total. The average molecular weight is 298 g/mol. The number of aromatic nitrogens is 2. The molecule has 8 heteroatoms. The van der Waals surface area contributed by atoms with Crippen LogP contribution >= 0.6 is 0 Å². The monoisotopic (exact) mass is 298 g/mol. The number of alkyl halides is 3. The van der Waals surface area contributed by atoms with Crippen LogP contribution in [0.15, 0.2) is 30.6 Å². The summed E-state index contributed by atoms with van der Waals surface area (Å²) in [5.41, 5.74) is 1.18. The van der Waals surface area contributed by atoms with Gasteiger partial charge in [-0.15, -0.1) is 13.2 Å². The Hall–Kier alpha value is -2.51. The van der Waals surface area contributed by atoms with Gasteiger partial charge in [0.1, 0.15) is 23.7 Å². The van der Waals surface area contributed by atoms with Crippen LogP contribution in [-0.2, 0) is 0 Å². The van der Waals surface area contributed by atoms with E-state index in [4.69, 9.17) is 0 Å². The molecule has 0 saturated carbocycles. The standard InChI is InChI=1S/C13H13F3N4O/c1-8-11(17-2)18-7-19-12(8)20-9-4-3-5-10(6-9)21-13(14,15)16/h3-7H,1-2H3,(H2,17,18,19,20). The molecule has 2 aromatic rings. The van der Waals surface area contributed by atoms with Crippen LogP contribution in [0.1, 0.15) is 5.56 Å². The van der Waals surface area contributed by atoms with Crippen molar-refractivity contribution in [3.63, 3.8) is 0 Å². The summed E-state index contributed by atoms with van der Waals surface area (Å²) in [6.07, 6.45) is -3.36. The van der Waals surface area contributed by atoms with Crippen molar-refractivity contribution in [2.24, 2.45) is 0 Å². The van der Waals surface area contributed by atoms with Gasteiger partial charge in [0.2, 0.25) is 0 Å². The van der Waals surface area contributed by atoms with Crippen molar-refractivity contribution >= 4 is 17.3 Å². The second-order valence-corrected chi connectivity index (χ2v) is 4.15. The zero-order chi connectivity index (χ0) is 15.5. The van der Waals surface area contributed by atoms with E-state index in [9.17, 15) is 13.2 Å². The summed E-state index contributed by atoms with van der Waals surface area (Å²) in [6.45, 7) is 1.80. The Balaban J connectivity index is 2.22. The Kier molecular flexibility index (Phi) is 4.15. The molecule has 0 spiro atoms. The molecule has 2 N–H and O–H groups in total. The lowest BCUT2D eigenvalue weighted by Crippen LogP contribution is -2.17. The number of hydrogen-bond donors (Lipinski definition) is 2. The molecule has 0 aliphatic rings. The molecule has 0 bridgehead atoms. The predicted molar refractivity (Wildman–Crippen MR) is 72.7 cm³/mol. The molecule has 1 aromatic heterocycles. The van der Waals surface area contributed by atoms with Gasteiger partial charge in [0, 0.05) is 24.4 Å². The van der Waals surface area contributed by atoms with Gasteiger partial charge in [-0.1, -0.05) is 6.07 Å². The first-order valence-corrected chi connectivity index (χ1v) is 6.01. The summed E-state index contributed by atoms with van der Waals surface area (Å²) in [5, 5.41) is 5.83. The fraction of sp³-hybridized carbons (Fsp3) is 0.231. The summed E-state index contributed by atoms with van der Waals surface area (Å²) in [7, 11) is 1.72. The molecule has 0 radical (unpaired) electrons. The largest absolute Gasteiger partial charge is 0.573 e. The number of nitrogens with one attached hydrogen (secondary N) is 2. The van der Waals surface area contributed by atoms with Gasteiger partial charge < -0.3 is 15.4 Å². The molecule has 0 amide bonds. The van der Waals surface area contributed by atoms with Crippen LogP contribution < -0.4 is 15.4 Å². The van der Waals surface area contributed by atoms with Crippen LogP contribution in [0.4, 0.5) is 30.5 Å². The van der Waals surface area contributed by atoms with Crippen LogP contribution in [-0.4, -0.2) is 23.4 Å². The number of nitrogens with zero attached hydrogens (tertiary/aromatic N) is 2. The molecule has 112 valence electrons. The molecule has 0 atom stereocenters. The van der Waals surface area contributed by atoms with Gasteiger partial charge in [-0.2, -0.15) is 0 Å². The van der Waals surface area contributed by atoms with E-state index < -0.39 is 6.36 Å². The van der Waals surface area contributed by atoms with Crippen LogP contribution in [0.2, 0.25) is 0 Å². The van der Waals surface area contributed by atoms with E-state index in [2.05, 4.69) is 25.3 Å². The lowest BCUT2D eigenvalue weighted by atomic mass is 10.2. The van der Waals surface area contributed by atoms with E-state index in [1.807, 2.05) is 0 Å². The van der Waals surface area contributed by atoms with E-state index >= 15 is 0 Å². The Labute approximate surface area is 119 Å². The molecule has 2 rings (SSSR count). The Bertz CT molecular complexity index is 631. The molecular formula is C13H13F3N4O. The first-order valence-electron chi connectivity index (χ1n) is 6.01. The van der Waals surface area contributed by atoms with Crippen molar-refractivity contribution in [3.8, 4) is 5.75 Å². The first kappa shape index (κ1) is 14.9. The highest BCUT2D eigenvalue weighted by Crippen LogP contribution is 2.27. The molecule has 0 aliphatic carbocycles. The summed E-state index contributed by atoms with van der Waals surface area (Å²) < 4.78 is 40.4. The van der Waals surface area contributed by atoms with Crippen LogP contribution in [0, 0.1) is 6.92 Å². The van der Waals surface area contributed by atoms with Crippen LogP contribution in [0.5, 0.6) is 5.75 Å². The minimum absolute atomic E-state index is 0.298. The first-order chi connectivity index (χ1) is 9.89. The highest BCUT2D eigenvalue weighted by molar-refractivity contribution is 5.65. The summed E-state index contributed by atoms with van der Waals surface area (Å²) in [5.74, 6) is 0.835. The average Bonchev–Trinajstić information content (AvgIpc) is 2.40. The van der Waals surface area contributed by atoms with Gasteiger partial charge in [-0.25, -0.2) is 9.97 Å². The van der Waals surface area contributed by atoms with Gasteiger partial charge in [0.05, 0.1) is 0 Å². The minimum atomic E-state index is -4.72. The van der Waals surface area contributed by atoms with Gasteiger partial charge in [0.25, 0.3) is 0 Å². The fourth-order valence-corrected chi connectivity index (χ4v) is 1.74. The highest BCUT2D eigenvalue weighted by Gasteiger charge is 2.31. The smallest absolute Gasteiger partial charge is 0.406 e. The van der Waals surface area contributed by atoms with Crippen LogP contribution in [0.3, 0.4) is 0 Å².